The van der Waals surface area contributed by atoms with Gasteiger partial charge in [0, 0.05) is 19.6 Å². The summed E-state index contributed by atoms with van der Waals surface area (Å²) in [7, 11) is 0. The topological polar surface area (TPSA) is 90.8 Å². The van der Waals surface area contributed by atoms with Crippen LogP contribution in [0.15, 0.2) is 12.1 Å². The minimum Gasteiger partial charge on any atom is -0.490 e. The van der Waals surface area contributed by atoms with E-state index in [1.807, 2.05) is 20.8 Å². The molecule has 0 radical (unpaired) electrons. The molecule has 1 aliphatic rings. The molecule has 0 saturated carbocycles. The number of anilines is 1. The highest BCUT2D eigenvalue weighted by molar-refractivity contribution is 5.68. The quantitative estimate of drug-likeness (QED) is 0.781. The largest absolute Gasteiger partial charge is 0.490 e. The fourth-order valence-electron chi connectivity index (χ4n) is 3.11. The predicted octanol–water partition coefficient (Wildman–Crippen LogP) is 2.94. The van der Waals surface area contributed by atoms with Crippen LogP contribution in [0.1, 0.15) is 39.2 Å². The summed E-state index contributed by atoms with van der Waals surface area (Å²) in [5, 5.41) is 0. The molecule has 1 fully saturated rings. The molecule has 7 heteroatoms. The average Bonchev–Trinajstić information content (AvgIpc) is 2.57. The van der Waals surface area contributed by atoms with E-state index in [0.29, 0.717) is 37.4 Å². The Morgan fingerprint density at radius 3 is 2.77 bits per heavy atom. The van der Waals surface area contributed by atoms with Crippen molar-refractivity contribution in [2.75, 3.05) is 32.0 Å². The minimum atomic E-state index is -0.524. The Hall–Kier alpha value is -2.02. The molecule has 0 aromatic heterocycles. The van der Waals surface area contributed by atoms with Crippen LogP contribution < -0.4 is 16.2 Å². The van der Waals surface area contributed by atoms with Gasteiger partial charge in [0.2, 0.25) is 0 Å². The predicted molar refractivity (Wildman–Crippen MR) is 99.6 cm³/mol. The second-order valence-corrected chi connectivity index (χ2v) is 7.73. The zero-order valence-corrected chi connectivity index (χ0v) is 15.9. The first kappa shape index (κ1) is 20.3. The standard InChI is InChI=1S/C19H30FN3O3/c1-19(2,3)26-18(24)23-9-4-5-13(12-23)11-14-6-7-15(25-10-8-21)17(22)16(14)20/h6-7,13H,4-5,8-12,21-22H2,1-3H3/t13-/m1/s1. The van der Waals surface area contributed by atoms with Gasteiger partial charge in [0.1, 0.15) is 23.6 Å². The normalized spacial score (nSPS) is 17.9. The molecule has 2 rings (SSSR count). The smallest absolute Gasteiger partial charge is 0.410 e. The third-order valence-electron chi connectivity index (χ3n) is 4.27. The molecule has 1 amide bonds. The van der Waals surface area contributed by atoms with Crippen molar-refractivity contribution in [2.24, 2.45) is 11.7 Å². The number of amides is 1. The zero-order valence-electron chi connectivity index (χ0n) is 15.9. The van der Waals surface area contributed by atoms with Crippen LogP contribution in [0.3, 0.4) is 0 Å². The van der Waals surface area contributed by atoms with Gasteiger partial charge in [0.15, 0.2) is 5.82 Å². The molecule has 1 aliphatic heterocycles. The van der Waals surface area contributed by atoms with E-state index in [-0.39, 0.29) is 24.3 Å². The van der Waals surface area contributed by atoms with Crippen LogP contribution in [0.25, 0.3) is 0 Å². The summed E-state index contributed by atoms with van der Waals surface area (Å²) in [6.07, 6.45) is 2.02. The average molecular weight is 367 g/mol. The Kier molecular flexibility index (Phi) is 6.69. The summed E-state index contributed by atoms with van der Waals surface area (Å²) in [6, 6.07) is 3.38. The molecular formula is C19H30FN3O3. The molecule has 0 unspecified atom stereocenters. The fraction of sp³-hybridized carbons (Fsp3) is 0.632. The third kappa shape index (κ3) is 5.49. The van der Waals surface area contributed by atoms with Gasteiger partial charge in [-0.25, -0.2) is 9.18 Å². The lowest BCUT2D eigenvalue weighted by molar-refractivity contribution is 0.0166. The highest BCUT2D eigenvalue weighted by atomic mass is 19.1. The van der Waals surface area contributed by atoms with Crippen LogP contribution in [0.4, 0.5) is 14.9 Å². The van der Waals surface area contributed by atoms with Gasteiger partial charge in [-0.1, -0.05) is 6.07 Å². The van der Waals surface area contributed by atoms with Gasteiger partial charge in [0.05, 0.1) is 0 Å². The second-order valence-electron chi connectivity index (χ2n) is 7.73. The van der Waals surface area contributed by atoms with E-state index in [2.05, 4.69) is 0 Å². The van der Waals surface area contributed by atoms with Crippen molar-refractivity contribution >= 4 is 11.8 Å². The van der Waals surface area contributed by atoms with Crippen molar-refractivity contribution in [3.05, 3.63) is 23.5 Å². The number of carbonyl (C=O) groups is 1. The molecule has 26 heavy (non-hydrogen) atoms. The van der Waals surface area contributed by atoms with Gasteiger partial charge in [-0.05, 0) is 57.6 Å². The van der Waals surface area contributed by atoms with E-state index in [1.54, 1.807) is 17.0 Å². The molecule has 146 valence electrons. The number of nitrogens with two attached hydrogens (primary N) is 2. The number of carbonyl (C=O) groups excluding carboxylic acids is 1. The summed E-state index contributed by atoms with van der Waals surface area (Å²) >= 11 is 0. The summed E-state index contributed by atoms with van der Waals surface area (Å²) in [4.78, 5) is 14.0. The van der Waals surface area contributed by atoms with Gasteiger partial charge in [-0.15, -0.1) is 0 Å². The van der Waals surface area contributed by atoms with E-state index in [1.165, 1.54) is 0 Å². The van der Waals surface area contributed by atoms with Gasteiger partial charge >= 0.3 is 6.09 Å². The molecular weight excluding hydrogens is 337 g/mol. The Bertz CT molecular complexity index is 631. The Balaban J connectivity index is 2.02. The van der Waals surface area contributed by atoms with Crippen molar-refractivity contribution in [3.63, 3.8) is 0 Å². The van der Waals surface area contributed by atoms with E-state index in [9.17, 15) is 9.18 Å². The first-order chi connectivity index (χ1) is 12.2. The lowest BCUT2D eigenvalue weighted by Gasteiger charge is -2.34. The third-order valence-corrected chi connectivity index (χ3v) is 4.27. The summed E-state index contributed by atoms with van der Waals surface area (Å²) in [6.45, 7) is 7.39. The number of piperidine rings is 1. The van der Waals surface area contributed by atoms with Crippen LogP contribution in [-0.2, 0) is 11.2 Å². The number of nitrogens with zero attached hydrogens (tertiary/aromatic N) is 1. The Labute approximate surface area is 154 Å². The molecule has 6 nitrogen and oxygen atoms in total. The van der Waals surface area contributed by atoms with E-state index >= 15 is 0 Å². The van der Waals surface area contributed by atoms with Gasteiger partial charge in [0.25, 0.3) is 0 Å². The van der Waals surface area contributed by atoms with E-state index in [0.717, 1.165) is 12.8 Å². The molecule has 1 atom stereocenters. The van der Waals surface area contributed by atoms with Crippen molar-refractivity contribution in [3.8, 4) is 5.75 Å². The monoisotopic (exact) mass is 367 g/mol. The summed E-state index contributed by atoms with van der Waals surface area (Å²) in [5.41, 5.74) is 11.3. The molecule has 1 aromatic carbocycles. The molecule has 1 saturated heterocycles. The van der Waals surface area contributed by atoms with Crippen molar-refractivity contribution in [1.82, 2.24) is 4.90 Å². The molecule has 0 spiro atoms. The van der Waals surface area contributed by atoms with Crippen LogP contribution in [0.2, 0.25) is 0 Å². The van der Waals surface area contributed by atoms with E-state index in [4.69, 9.17) is 20.9 Å². The second kappa shape index (κ2) is 8.58. The highest BCUT2D eigenvalue weighted by Gasteiger charge is 2.28. The molecule has 4 N–H and O–H groups in total. The number of benzene rings is 1. The Morgan fingerprint density at radius 1 is 1.38 bits per heavy atom. The minimum absolute atomic E-state index is 0.00996. The Morgan fingerprint density at radius 2 is 2.12 bits per heavy atom. The van der Waals surface area contributed by atoms with Crippen LogP contribution in [0, 0.1) is 11.7 Å². The molecule has 0 aliphatic carbocycles. The van der Waals surface area contributed by atoms with Crippen LogP contribution in [0.5, 0.6) is 5.75 Å². The maximum absolute atomic E-state index is 14.6. The van der Waals surface area contributed by atoms with Crippen LogP contribution >= 0.6 is 0 Å². The maximum Gasteiger partial charge on any atom is 0.410 e. The van der Waals surface area contributed by atoms with Gasteiger partial charge < -0.3 is 25.8 Å². The number of halogens is 1. The molecule has 1 heterocycles. The van der Waals surface area contributed by atoms with E-state index < -0.39 is 11.4 Å². The van der Waals surface area contributed by atoms with Crippen molar-refractivity contribution in [2.45, 2.75) is 45.6 Å². The molecule has 1 aromatic rings. The maximum atomic E-state index is 14.6. The zero-order chi connectivity index (χ0) is 19.3. The summed E-state index contributed by atoms with van der Waals surface area (Å²) < 4.78 is 25.4. The van der Waals surface area contributed by atoms with Gasteiger partial charge in [-0.2, -0.15) is 0 Å². The van der Waals surface area contributed by atoms with Crippen LogP contribution in [-0.4, -0.2) is 42.8 Å². The number of hydrogen-bond donors (Lipinski definition) is 2. The lowest BCUT2D eigenvalue weighted by atomic mass is 9.91. The lowest BCUT2D eigenvalue weighted by Crippen LogP contribution is -2.43. The van der Waals surface area contributed by atoms with Crippen molar-refractivity contribution in [1.29, 1.82) is 0 Å². The number of nitrogen functional groups attached to an aromatic ring is 1. The number of ether oxygens (including phenoxy) is 2. The first-order valence-electron chi connectivity index (χ1n) is 9.09. The highest BCUT2D eigenvalue weighted by Crippen LogP contribution is 2.30. The number of hydrogen-bond acceptors (Lipinski definition) is 5. The van der Waals surface area contributed by atoms with Crippen molar-refractivity contribution < 1.29 is 18.7 Å². The SMILES string of the molecule is CC(C)(C)OC(=O)N1CCC[C@H](Cc2ccc(OCCN)c(N)c2F)C1. The number of rotatable bonds is 5. The number of likely N-dealkylation sites (tertiary alicyclic amines) is 1. The summed E-state index contributed by atoms with van der Waals surface area (Å²) in [5.74, 6) is 0.0330. The molecule has 0 bridgehead atoms. The fourth-order valence-corrected chi connectivity index (χ4v) is 3.11. The van der Waals surface area contributed by atoms with Gasteiger partial charge in [-0.3, -0.25) is 0 Å². The first-order valence-corrected chi connectivity index (χ1v) is 9.09.